The van der Waals surface area contributed by atoms with Crippen LogP contribution in [0.25, 0.3) is 0 Å². The maximum absolute atomic E-state index is 11.9. The van der Waals surface area contributed by atoms with Gasteiger partial charge in [-0.2, -0.15) is 0 Å². The summed E-state index contributed by atoms with van der Waals surface area (Å²) in [6.07, 6.45) is 5.69. The minimum absolute atomic E-state index is 0. The van der Waals surface area contributed by atoms with Gasteiger partial charge >= 0.3 is 0 Å². The van der Waals surface area contributed by atoms with E-state index in [4.69, 9.17) is 17.3 Å². The molecule has 0 aliphatic rings. The van der Waals surface area contributed by atoms with E-state index in [1.54, 1.807) is 0 Å². The molecule has 0 aliphatic heterocycles. The number of nitrogens with one attached hydrogen (secondary N) is 1. The second-order valence-electron chi connectivity index (χ2n) is 6.70. The van der Waals surface area contributed by atoms with E-state index in [1.807, 2.05) is 18.2 Å². The SMILES string of the molecule is CC(C)(CNC(=O)CCCCCCN)Cc1cccc(Cl)c1.Cl. The highest BCUT2D eigenvalue weighted by Crippen LogP contribution is 2.22. The van der Waals surface area contributed by atoms with Crippen LogP contribution in [0.5, 0.6) is 0 Å². The second kappa shape index (κ2) is 11.7. The molecule has 3 nitrogen and oxygen atoms in total. The lowest BCUT2D eigenvalue weighted by Gasteiger charge is -2.25. The van der Waals surface area contributed by atoms with E-state index in [9.17, 15) is 4.79 Å². The zero-order chi connectivity index (χ0) is 16.4. The van der Waals surface area contributed by atoms with Gasteiger partial charge in [0.25, 0.3) is 0 Å². The highest BCUT2D eigenvalue weighted by atomic mass is 35.5. The Hall–Kier alpha value is -0.770. The Balaban J connectivity index is 0.00000484. The van der Waals surface area contributed by atoms with Crippen LogP contribution < -0.4 is 11.1 Å². The first-order valence-corrected chi connectivity index (χ1v) is 8.52. The first-order valence-electron chi connectivity index (χ1n) is 8.14. The van der Waals surface area contributed by atoms with E-state index in [2.05, 4.69) is 25.2 Å². The fourth-order valence-corrected chi connectivity index (χ4v) is 2.68. The van der Waals surface area contributed by atoms with Crippen molar-refractivity contribution in [1.29, 1.82) is 0 Å². The summed E-state index contributed by atoms with van der Waals surface area (Å²) in [6, 6.07) is 7.91. The van der Waals surface area contributed by atoms with Crippen molar-refractivity contribution in [2.45, 2.75) is 52.4 Å². The lowest BCUT2D eigenvalue weighted by atomic mass is 9.85. The number of rotatable bonds is 10. The van der Waals surface area contributed by atoms with Gasteiger partial charge in [0.1, 0.15) is 0 Å². The van der Waals surface area contributed by atoms with Crippen LogP contribution in [0.4, 0.5) is 0 Å². The second-order valence-corrected chi connectivity index (χ2v) is 7.14. The van der Waals surface area contributed by atoms with Crippen molar-refractivity contribution in [3.63, 3.8) is 0 Å². The summed E-state index contributed by atoms with van der Waals surface area (Å²) in [5, 5.41) is 3.81. The largest absolute Gasteiger partial charge is 0.356 e. The van der Waals surface area contributed by atoms with E-state index in [0.717, 1.165) is 43.7 Å². The minimum atomic E-state index is 0. The lowest BCUT2D eigenvalue weighted by molar-refractivity contribution is -0.121. The molecule has 0 fully saturated rings. The average molecular weight is 361 g/mol. The summed E-state index contributed by atoms with van der Waals surface area (Å²) in [7, 11) is 0. The van der Waals surface area contributed by atoms with Crippen molar-refractivity contribution in [2.75, 3.05) is 13.1 Å². The lowest BCUT2D eigenvalue weighted by Crippen LogP contribution is -2.35. The van der Waals surface area contributed by atoms with E-state index in [-0.39, 0.29) is 23.7 Å². The molecule has 0 aromatic heterocycles. The number of amides is 1. The third kappa shape index (κ3) is 10.6. The number of nitrogens with two attached hydrogens (primary N) is 1. The zero-order valence-corrected chi connectivity index (χ0v) is 15.8. The molecule has 0 saturated carbocycles. The molecule has 0 bridgehead atoms. The number of unbranched alkanes of at least 4 members (excludes halogenated alkanes) is 3. The summed E-state index contributed by atoms with van der Waals surface area (Å²) in [5.74, 6) is 0.145. The number of carbonyl (C=O) groups is 1. The van der Waals surface area contributed by atoms with Crippen molar-refractivity contribution in [3.05, 3.63) is 34.9 Å². The maximum atomic E-state index is 11.9. The molecule has 1 amide bonds. The van der Waals surface area contributed by atoms with Gasteiger partial charge in [-0.15, -0.1) is 12.4 Å². The Kier molecular flexibility index (Phi) is 11.3. The van der Waals surface area contributed by atoms with Crippen LogP contribution in [0.2, 0.25) is 5.02 Å². The predicted octanol–water partition coefficient (Wildman–Crippen LogP) is 4.36. The van der Waals surface area contributed by atoms with Gasteiger partial charge in [0, 0.05) is 18.0 Å². The van der Waals surface area contributed by atoms with Gasteiger partial charge in [-0.3, -0.25) is 4.79 Å². The van der Waals surface area contributed by atoms with Crippen molar-refractivity contribution in [3.8, 4) is 0 Å². The Morgan fingerprint density at radius 3 is 2.57 bits per heavy atom. The summed E-state index contributed by atoms with van der Waals surface area (Å²) < 4.78 is 0. The number of halogens is 2. The minimum Gasteiger partial charge on any atom is -0.356 e. The summed E-state index contributed by atoms with van der Waals surface area (Å²) in [6.45, 7) is 5.75. The van der Waals surface area contributed by atoms with Crippen LogP contribution in [0.15, 0.2) is 24.3 Å². The van der Waals surface area contributed by atoms with Crippen LogP contribution in [-0.4, -0.2) is 19.0 Å². The van der Waals surface area contributed by atoms with Gasteiger partial charge in [-0.05, 0) is 48.9 Å². The standard InChI is InChI=1S/C18H29ClN2O.ClH/c1-18(2,13-15-8-7-9-16(19)12-15)14-21-17(22)10-5-3-4-6-11-20;/h7-9,12H,3-6,10-11,13-14,20H2,1-2H3,(H,21,22);1H. The van der Waals surface area contributed by atoms with Crippen LogP contribution >= 0.6 is 24.0 Å². The molecule has 0 atom stereocenters. The van der Waals surface area contributed by atoms with Gasteiger partial charge < -0.3 is 11.1 Å². The van der Waals surface area contributed by atoms with Gasteiger partial charge in [0.05, 0.1) is 0 Å². The van der Waals surface area contributed by atoms with Crippen LogP contribution in [0, 0.1) is 5.41 Å². The van der Waals surface area contributed by atoms with Gasteiger partial charge in [0.15, 0.2) is 0 Å². The predicted molar refractivity (Wildman–Crippen MR) is 101 cm³/mol. The van der Waals surface area contributed by atoms with Gasteiger partial charge in [0.2, 0.25) is 5.91 Å². The summed E-state index contributed by atoms with van der Waals surface area (Å²) in [5.41, 5.74) is 6.67. The molecule has 3 N–H and O–H groups in total. The van der Waals surface area contributed by atoms with Crippen LogP contribution in [-0.2, 0) is 11.2 Å². The molecule has 5 heteroatoms. The topological polar surface area (TPSA) is 55.1 Å². The van der Waals surface area contributed by atoms with Crippen molar-refractivity contribution in [1.82, 2.24) is 5.32 Å². The van der Waals surface area contributed by atoms with Crippen LogP contribution in [0.3, 0.4) is 0 Å². The van der Waals surface area contributed by atoms with E-state index < -0.39 is 0 Å². The highest BCUT2D eigenvalue weighted by Gasteiger charge is 2.19. The van der Waals surface area contributed by atoms with Crippen LogP contribution in [0.1, 0.15) is 51.5 Å². The molecule has 132 valence electrons. The smallest absolute Gasteiger partial charge is 0.220 e. The number of hydrogen-bond acceptors (Lipinski definition) is 2. The molecule has 0 heterocycles. The Labute approximate surface area is 151 Å². The number of carbonyl (C=O) groups excluding carboxylic acids is 1. The summed E-state index contributed by atoms with van der Waals surface area (Å²) in [4.78, 5) is 11.9. The Bertz CT molecular complexity index is 464. The third-order valence-corrected chi connectivity index (χ3v) is 3.93. The first-order chi connectivity index (χ1) is 10.4. The molecule has 1 aromatic rings. The Morgan fingerprint density at radius 2 is 1.91 bits per heavy atom. The maximum Gasteiger partial charge on any atom is 0.220 e. The highest BCUT2D eigenvalue weighted by molar-refractivity contribution is 6.30. The number of hydrogen-bond donors (Lipinski definition) is 2. The van der Waals surface area contributed by atoms with E-state index >= 15 is 0 Å². The molecule has 23 heavy (non-hydrogen) atoms. The fraction of sp³-hybridized carbons (Fsp3) is 0.611. The normalized spacial score (nSPS) is 11.0. The summed E-state index contributed by atoms with van der Waals surface area (Å²) >= 11 is 6.02. The van der Waals surface area contributed by atoms with Gasteiger partial charge in [-0.25, -0.2) is 0 Å². The molecule has 0 unspecified atom stereocenters. The molecule has 0 spiro atoms. The molecular formula is C18H30Cl2N2O. The van der Waals surface area contributed by atoms with Crippen molar-refractivity contribution in [2.24, 2.45) is 11.1 Å². The Morgan fingerprint density at radius 1 is 1.22 bits per heavy atom. The number of benzene rings is 1. The third-order valence-electron chi connectivity index (χ3n) is 3.69. The quantitative estimate of drug-likeness (QED) is 0.609. The first kappa shape index (κ1) is 22.2. The molecule has 0 saturated heterocycles. The van der Waals surface area contributed by atoms with Gasteiger partial charge in [-0.1, -0.05) is 50.4 Å². The van der Waals surface area contributed by atoms with Crippen molar-refractivity contribution < 1.29 is 4.79 Å². The molecule has 0 radical (unpaired) electrons. The molecule has 0 aliphatic carbocycles. The molecule has 1 rings (SSSR count). The zero-order valence-electron chi connectivity index (χ0n) is 14.2. The monoisotopic (exact) mass is 360 g/mol. The molecular weight excluding hydrogens is 331 g/mol. The molecule has 1 aromatic carbocycles. The average Bonchev–Trinajstić information content (AvgIpc) is 2.44. The van der Waals surface area contributed by atoms with E-state index in [1.165, 1.54) is 5.56 Å². The van der Waals surface area contributed by atoms with Crippen molar-refractivity contribution >= 4 is 29.9 Å². The van der Waals surface area contributed by atoms with E-state index in [0.29, 0.717) is 13.0 Å². The fourth-order valence-electron chi connectivity index (χ4n) is 2.47.